The summed E-state index contributed by atoms with van der Waals surface area (Å²) in [4.78, 5) is 44.5. The third-order valence-electron chi connectivity index (χ3n) is 5.15. The van der Waals surface area contributed by atoms with E-state index >= 15 is 0 Å². The number of aromatic nitrogens is 2. The van der Waals surface area contributed by atoms with Gasteiger partial charge in [-0.1, -0.05) is 13.0 Å². The molecule has 1 aromatic carbocycles. The van der Waals surface area contributed by atoms with Crippen LogP contribution in [0, 0.1) is 16.0 Å². The number of carbonyl (C=O) groups excluding carboxylic acids is 1. The van der Waals surface area contributed by atoms with Gasteiger partial charge in [0.25, 0.3) is 11.2 Å². The topological polar surface area (TPSA) is 115 Å². The second-order valence-corrected chi connectivity index (χ2v) is 8.42. The van der Waals surface area contributed by atoms with E-state index in [0.717, 1.165) is 30.9 Å². The Morgan fingerprint density at radius 1 is 1.45 bits per heavy atom. The Morgan fingerprint density at radius 2 is 2.24 bits per heavy atom. The zero-order valence-electron chi connectivity index (χ0n) is 15.9. The molecule has 0 radical (unpaired) electrons. The maximum Gasteiger partial charge on any atom is 0.339 e. The molecule has 0 saturated carbocycles. The monoisotopic (exact) mass is 413 g/mol. The number of fused-ring (bicyclic) bond motifs is 3. The van der Waals surface area contributed by atoms with E-state index in [4.69, 9.17) is 4.74 Å². The summed E-state index contributed by atoms with van der Waals surface area (Å²) in [5.41, 5.74) is 0.730. The number of aromatic amines is 1. The number of benzene rings is 1. The molecule has 2 heterocycles. The fourth-order valence-electron chi connectivity index (χ4n) is 3.59. The number of thiophene rings is 1. The minimum atomic E-state index is -0.808. The van der Waals surface area contributed by atoms with Crippen molar-refractivity contribution < 1.29 is 14.5 Å². The second kappa shape index (κ2) is 7.40. The molecule has 9 heteroatoms. The van der Waals surface area contributed by atoms with Crippen molar-refractivity contribution in [2.45, 2.75) is 39.2 Å². The van der Waals surface area contributed by atoms with Gasteiger partial charge >= 0.3 is 5.97 Å². The van der Waals surface area contributed by atoms with E-state index in [9.17, 15) is 19.7 Å². The number of hydrogen-bond donors (Lipinski definition) is 1. The molecule has 2 aromatic heterocycles. The van der Waals surface area contributed by atoms with E-state index in [1.807, 2.05) is 0 Å². The van der Waals surface area contributed by atoms with Crippen LogP contribution in [0.3, 0.4) is 0 Å². The van der Waals surface area contributed by atoms with E-state index in [2.05, 4.69) is 16.9 Å². The molecule has 0 fully saturated rings. The van der Waals surface area contributed by atoms with Gasteiger partial charge in [-0.05, 0) is 43.7 Å². The van der Waals surface area contributed by atoms with Crippen molar-refractivity contribution in [1.82, 2.24) is 9.97 Å². The zero-order chi connectivity index (χ0) is 20.7. The van der Waals surface area contributed by atoms with Gasteiger partial charge in [0.1, 0.15) is 4.83 Å². The van der Waals surface area contributed by atoms with Crippen LogP contribution in [-0.4, -0.2) is 20.9 Å². The van der Waals surface area contributed by atoms with Crippen molar-refractivity contribution in [2.75, 3.05) is 0 Å². The lowest BCUT2D eigenvalue weighted by atomic mass is 9.89. The fourth-order valence-corrected chi connectivity index (χ4v) is 4.98. The third-order valence-corrected chi connectivity index (χ3v) is 6.29. The van der Waals surface area contributed by atoms with Crippen LogP contribution < -0.4 is 5.56 Å². The Bertz CT molecular complexity index is 1180. The summed E-state index contributed by atoms with van der Waals surface area (Å²) >= 11 is 1.52. The lowest BCUT2D eigenvalue weighted by molar-refractivity contribution is -0.384. The number of nitrogens with zero attached hydrogens (tertiary/aromatic N) is 2. The largest absolute Gasteiger partial charge is 0.451 e. The minimum absolute atomic E-state index is 0.0649. The first kappa shape index (κ1) is 19.3. The maximum absolute atomic E-state index is 12.7. The summed E-state index contributed by atoms with van der Waals surface area (Å²) in [6.45, 7) is 3.81. The van der Waals surface area contributed by atoms with Gasteiger partial charge in [0.2, 0.25) is 0 Å². The molecule has 1 N–H and O–H groups in total. The second-order valence-electron chi connectivity index (χ2n) is 7.34. The van der Waals surface area contributed by atoms with E-state index in [1.54, 1.807) is 6.92 Å². The third kappa shape index (κ3) is 3.65. The maximum atomic E-state index is 12.7. The molecule has 8 nitrogen and oxygen atoms in total. The number of non-ortho nitro benzene ring substituents is 1. The van der Waals surface area contributed by atoms with Gasteiger partial charge in [0, 0.05) is 17.0 Å². The number of hydrogen-bond acceptors (Lipinski definition) is 7. The number of nitrogens with one attached hydrogen (secondary N) is 1. The van der Waals surface area contributed by atoms with Crippen LogP contribution in [0.4, 0.5) is 5.69 Å². The van der Waals surface area contributed by atoms with Crippen LogP contribution >= 0.6 is 11.3 Å². The van der Waals surface area contributed by atoms with Crippen LogP contribution in [0.5, 0.6) is 0 Å². The fraction of sp³-hybridized carbons (Fsp3) is 0.350. The highest BCUT2D eigenvalue weighted by atomic mass is 32.1. The van der Waals surface area contributed by atoms with Crippen molar-refractivity contribution in [2.24, 2.45) is 5.92 Å². The highest BCUT2D eigenvalue weighted by Crippen LogP contribution is 2.36. The molecule has 0 bridgehead atoms. The van der Waals surface area contributed by atoms with Gasteiger partial charge in [-0.2, -0.15) is 0 Å². The van der Waals surface area contributed by atoms with Crippen molar-refractivity contribution >= 4 is 33.2 Å². The van der Waals surface area contributed by atoms with E-state index in [-0.39, 0.29) is 22.6 Å². The van der Waals surface area contributed by atoms with Gasteiger partial charge in [0.05, 0.1) is 15.9 Å². The lowest BCUT2D eigenvalue weighted by Gasteiger charge is -2.17. The molecule has 0 aliphatic heterocycles. The van der Waals surface area contributed by atoms with Crippen molar-refractivity contribution in [3.63, 3.8) is 0 Å². The lowest BCUT2D eigenvalue weighted by Crippen LogP contribution is -2.18. The molecule has 0 spiro atoms. The molecular formula is C20H19N3O5S. The van der Waals surface area contributed by atoms with Crippen LogP contribution in [0.15, 0.2) is 29.1 Å². The first-order chi connectivity index (χ1) is 13.8. The van der Waals surface area contributed by atoms with E-state index in [1.165, 1.54) is 34.4 Å². The van der Waals surface area contributed by atoms with Gasteiger partial charge in [0.15, 0.2) is 11.9 Å². The zero-order valence-corrected chi connectivity index (χ0v) is 16.7. The molecule has 29 heavy (non-hydrogen) atoms. The molecule has 0 amide bonds. The predicted octanol–water partition coefficient (Wildman–Crippen LogP) is 3.94. The number of esters is 1. The van der Waals surface area contributed by atoms with Gasteiger partial charge < -0.3 is 9.72 Å². The summed E-state index contributed by atoms with van der Waals surface area (Å²) < 4.78 is 5.39. The van der Waals surface area contributed by atoms with E-state index in [0.29, 0.717) is 16.1 Å². The highest BCUT2D eigenvalue weighted by molar-refractivity contribution is 7.18. The smallest absolute Gasteiger partial charge is 0.339 e. The summed E-state index contributed by atoms with van der Waals surface area (Å²) in [5, 5.41) is 11.5. The first-order valence-electron chi connectivity index (χ1n) is 9.33. The Balaban J connectivity index is 1.61. The van der Waals surface area contributed by atoms with Gasteiger partial charge in [-0.15, -0.1) is 11.3 Å². The standard InChI is InChI=1S/C20H19N3O5S/c1-10-6-7-14-15(8-10)29-19-16(14)18(24)21-17(22-19)11(2)28-20(25)12-4-3-5-13(9-12)23(26)27/h3-5,9-11H,6-8H2,1-2H3,(H,21,22,24)/t10-,11+/m0/s1. The van der Waals surface area contributed by atoms with Crippen molar-refractivity contribution in [1.29, 1.82) is 0 Å². The average Bonchev–Trinajstić information content (AvgIpc) is 3.05. The Kier molecular flexibility index (Phi) is 4.91. The number of nitro benzene ring substituents is 1. The molecule has 1 aliphatic carbocycles. The molecule has 3 aromatic rings. The molecule has 150 valence electrons. The normalized spacial score (nSPS) is 17.0. The molecule has 0 unspecified atom stereocenters. The minimum Gasteiger partial charge on any atom is -0.451 e. The number of aryl methyl sites for hydroxylation is 1. The molecule has 0 saturated heterocycles. The Hall–Kier alpha value is -3.07. The summed E-state index contributed by atoms with van der Waals surface area (Å²) in [6, 6.07) is 5.31. The van der Waals surface area contributed by atoms with Crippen LogP contribution in [0.25, 0.3) is 10.2 Å². The number of ether oxygens (including phenoxy) is 1. The number of carbonyl (C=O) groups is 1. The highest BCUT2D eigenvalue weighted by Gasteiger charge is 2.25. The average molecular weight is 413 g/mol. The van der Waals surface area contributed by atoms with Crippen molar-refractivity contribution in [3.05, 3.63) is 66.6 Å². The van der Waals surface area contributed by atoms with Crippen LogP contribution in [0.2, 0.25) is 0 Å². The summed E-state index contributed by atoms with van der Waals surface area (Å²) in [6.07, 6.45) is 2.06. The molecular weight excluding hydrogens is 394 g/mol. The van der Waals surface area contributed by atoms with Gasteiger partial charge in [-0.3, -0.25) is 14.9 Å². The molecule has 1 aliphatic rings. The first-order valence-corrected chi connectivity index (χ1v) is 10.1. The molecule has 4 rings (SSSR count). The quantitative estimate of drug-likeness (QED) is 0.394. The van der Waals surface area contributed by atoms with Gasteiger partial charge in [-0.25, -0.2) is 9.78 Å². The van der Waals surface area contributed by atoms with Crippen LogP contribution in [0.1, 0.15) is 53.0 Å². The SMILES string of the molecule is C[C@H]1CCc2c(sc3nc([C@@H](C)OC(=O)c4cccc([N+](=O)[O-])c4)[nH]c(=O)c23)C1. The summed E-state index contributed by atoms with van der Waals surface area (Å²) in [5.74, 6) is 0.125. The summed E-state index contributed by atoms with van der Waals surface area (Å²) in [7, 11) is 0. The molecule has 2 atom stereocenters. The van der Waals surface area contributed by atoms with Crippen molar-refractivity contribution in [3.8, 4) is 0 Å². The predicted molar refractivity (Wildman–Crippen MR) is 108 cm³/mol. The number of nitro groups is 1. The number of H-pyrrole nitrogens is 1. The Labute approximate surface area is 169 Å². The van der Waals surface area contributed by atoms with Crippen LogP contribution in [-0.2, 0) is 17.6 Å². The van der Waals surface area contributed by atoms with E-state index < -0.39 is 17.0 Å². The number of rotatable bonds is 4. The Morgan fingerprint density at radius 3 is 3.00 bits per heavy atom.